The van der Waals surface area contributed by atoms with Crippen LogP contribution in [0.15, 0.2) is 18.2 Å². The van der Waals surface area contributed by atoms with Crippen molar-refractivity contribution in [3.63, 3.8) is 0 Å². The summed E-state index contributed by atoms with van der Waals surface area (Å²) in [5.41, 5.74) is 0.465. The first-order chi connectivity index (χ1) is 7.97. The lowest BCUT2D eigenvalue weighted by atomic mass is 10.1. The Morgan fingerprint density at radius 1 is 1.47 bits per heavy atom. The van der Waals surface area contributed by atoms with Gasteiger partial charge in [-0.05, 0) is 25.1 Å². The van der Waals surface area contributed by atoms with E-state index in [-0.39, 0.29) is 11.9 Å². The molecule has 3 nitrogen and oxygen atoms in total. The first kappa shape index (κ1) is 13.8. The molecular formula is C12H12Cl2N2O. The summed E-state index contributed by atoms with van der Waals surface area (Å²) in [6.45, 7) is 1.82. The molecule has 0 radical (unpaired) electrons. The van der Waals surface area contributed by atoms with E-state index < -0.39 is 0 Å². The first-order valence-corrected chi connectivity index (χ1v) is 5.82. The van der Waals surface area contributed by atoms with Crippen LogP contribution in [0.25, 0.3) is 0 Å². The van der Waals surface area contributed by atoms with E-state index in [0.717, 1.165) is 0 Å². The number of nitriles is 1. The molecule has 0 N–H and O–H groups in total. The number of rotatable bonds is 3. The third-order valence-electron chi connectivity index (χ3n) is 2.53. The van der Waals surface area contributed by atoms with Crippen LogP contribution in [-0.2, 0) is 0 Å². The molecule has 0 aliphatic carbocycles. The summed E-state index contributed by atoms with van der Waals surface area (Å²) in [5, 5.41) is 9.35. The maximum Gasteiger partial charge on any atom is 0.253 e. The second-order valence-electron chi connectivity index (χ2n) is 3.76. The van der Waals surface area contributed by atoms with E-state index in [1.165, 1.54) is 11.0 Å². The molecule has 0 aliphatic rings. The minimum atomic E-state index is -0.175. The molecule has 90 valence electrons. The Balaban J connectivity index is 2.89. The number of amides is 1. The molecule has 0 heterocycles. The van der Waals surface area contributed by atoms with Gasteiger partial charge in [0.2, 0.25) is 0 Å². The van der Waals surface area contributed by atoms with Gasteiger partial charge in [-0.1, -0.05) is 23.2 Å². The minimum Gasteiger partial charge on any atom is -0.338 e. The van der Waals surface area contributed by atoms with Crippen molar-refractivity contribution in [3.8, 4) is 6.07 Å². The zero-order valence-corrected chi connectivity index (χ0v) is 11.1. The van der Waals surface area contributed by atoms with E-state index >= 15 is 0 Å². The predicted octanol–water partition coefficient (Wildman–Crippen LogP) is 3.37. The lowest BCUT2D eigenvalue weighted by Crippen LogP contribution is -2.34. The maximum atomic E-state index is 12.0. The van der Waals surface area contributed by atoms with E-state index in [2.05, 4.69) is 0 Å². The van der Waals surface area contributed by atoms with Gasteiger partial charge in [0.05, 0.1) is 22.5 Å². The summed E-state index contributed by atoms with van der Waals surface area (Å²) in [7, 11) is 1.66. The normalized spacial score (nSPS) is 11.7. The Morgan fingerprint density at radius 2 is 2.12 bits per heavy atom. The topological polar surface area (TPSA) is 44.1 Å². The number of hydrogen-bond donors (Lipinski definition) is 0. The van der Waals surface area contributed by atoms with Gasteiger partial charge in [0.15, 0.2) is 0 Å². The van der Waals surface area contributed by atoms with E-state index in [1.807, 2.05) is 13.0 Å². The number of hydrogen-bond acceptors (Lipinski definition) is 2. The van der Waals surface area contributed by atoms with Crippen LogP contribution < -0.4 is 0 Å². The van der Waals surface area contributed by atoms with Gasteiger partial charge in [-0.25, -0.2) is 0 Å². The van der Waals surface area contributed by atoms with Crippen LogP contribution in [0.1, 0.15) is 23.7 Å². The molecule has 0 aromatic heterocycles. The van der Waals surface area contributed by atoms with Crippen LogP contribution in [-0.4, -0.2) is 23.9 Å². The molecule has 0 saturated carbocycles. The van der Waals surface area contributed by atoms with Gasteiger partial charge in [-0.15, -0.1) is 0 Å². The molecule has 0 saturated heterocycles. The molecule has 1 amide bonds. The summed E-state index contributed by atoms with van der Waals surface area (Å²) in [6.07, 6.45) is 0.295. The average Bonchev–Trinajstić information content (AvgIpc) is 2.31. The van der Waals surface area contributed by atoms with Crippen LogP contribution in [0, 0.1) is 11.3 Å². The highest BCUT2D eigenvalue weighted by Crippen LogP contribution is 2.23. The second kappa shape index (κ2) is 5.90. The van der Waals surface area contributed by atoms with Crippen molar-refractivity contribution in [1.82, 2.24) is 4.90 Å². The lowest BCUT2D eigenvalue weighted by Gasteiger charge is -2.23. The Morgan fingerprint density at radius 3 is 2.65 bits per heavy atom. The standard InChI is InChI=1S/C12H12Cl2N2O/c1-8(5-6-15)16(2)12(17)9-3-4-10(13)11(14)7-9/h3-4,7-8H,5H2,1-2H3. The molecule has 1 aromatic rings. The zero-order valence-electron chi connectivity index (χ0n) is 9.58. The molecular weight excluding hydrogens is 259 g/mol. The maximum absolute atomic E-state index is 12.0. The van der Waals surface area contributed by atoms with Crippen molar-refractivity contribution < 1.29 is 4.79 Å². The average molecular weight is 271 g/mol. The highest BCUT2D eigenvalue weighted by molar-refractivity contribution is 6.42. The largest absolute Gasteiger partial charge is 0.338 e. The summed E-state index contributed by atoms with van der Waals surface area (Å²) in [6, 6.07) is 6.63. The Labute approximate surface area is 111 Å². The smallest absolute Gasteiger partial charge is 0.253 e. The monoisotopic (exact) mass is 270 g/mol. The highest BCUT2D eigenvalue weighted by atomic mass is 35.5. The van der Waals surface area contributed by atoms with Gasteiger partial charge in [-0.3, -0.25) is 4.79 Å². The van der Waals surface area contributed by atoms with Gasteiger partial charge in [0, 0.05) is 18.7 Å². The Kier molecular flexibility index (Phi) is 4.80. The highest BCUT2D eigenvalue weighted by Gasteiger charge is 2.17. The van der Waals surface area contributed by atoms with Crippen LogP contribution in [0.2, 0.25) is 10.0 Å². The summed E-state index contributed by atoms with van der Waals surface area (Å²) in [5.74, 6) is -0.175. The fraction of sp³-hybridized carbons (Fsp3) is 0.333. The SMILES string of the molecule is CC(CC#N)N(C)C(=O)c1ccc(Cl)c(Cl)c1. The van der Waals surface area contributed by atoms with Gasteiger partial charge < -0.3 is 4.90 Å². The van der Waals surface area contributed by atoms with Crippen molar-refractivity contribution in [2.45, 2.75) is 19.4 Å². The van der Waals surface area contributed by atoms with E-state index in [4.69, 9.17) is 28.5 Å². The molecule has 0 spiro atoms. The molecule has 1 rings (SSSR count). The molecule has 0 aliphatic heterocycles. The van der Waals surface area contributed by atoms with E-state index in [0.29, 0.717) is 22.0 Å². The molecule has 1 aromatic carbocycles. The fourth-order valence-electron chi connectivity index (χ4n) is 1.30. The van der Waals surface area contributed by atoms with Crippen molar-refractivity contribution in [1.29, 1.82) is 5.26 Å². The molecule has 0 fully saturated rings. The van der Waals surface area contributed by atoms with Crippen LogP contribution in [0.3, 0.4) is 0 Å². The third kappa shape index (κ3) is 3.36. The molecule has 0 bridgehead atoms. The number of carbonyl (C=O) groups is 1. The van der Waals surface area contributed by atoms with E-state index in [1.54, 1.807) is 19.2 Å². The zero-order chi connectivity index (χ0) is 13.0. The van der Waals surface area contributed by atoms with Crippen LogP contribution >= 0.6 is 23.2 Å². The minimum absolute atomic E-state index is 0.137. The summed E-state index contributed by atoms with van der Waals surface area (Å²) in [4.78, 5) is 13.6. The predicted molar refractivity (Wildman–Crippen MR) is 68.2 cm³/mol. The van der Waals surface area contributed by atoms with Crippen molar-refractivity contribution in [2.24, 2.45) is 0 Å². The summed E-state index contributed by atoms with van der Waals surface area (Å²) >= 11 is 11.6. The number of benzene rings is 1. The Hall–Kier alpha value is -1.24. The van der Waals surface area contributed by atoms with E-state index in [9.17, 15) is 4.79 Å². The van der Waals surface area contributed by atoms with Crippen LogP contribution in [0.5, 0.6) is 0 Å². The first-order valence-electron chi connectivity index (χ1n) is 5.06. The van der Waals surface area contributed by atoms with Gasteiger partial charge in [-0.2, -0.15) is 5.26 Å². The number of carbonyl (C=O) groups excluding carboxylic acids is 1. The molecule has 17 heavy (non-hydrogen) atoms. The second-order valence-corrected chi connectivity index (χ2v) is 4.57. The van der Waals surface area contributed by atoms with Gasteiger partial charge in [0.1, 0.15) is 0 Å². The van der Waals surface area contributed by atoms with Gasteiger partial charge >= 0.3 is 0 Å². The van der Waals surface area contributed by atoms with Crippen molar-refractivity contribution in [2.75, 3.05) is 7.05 Å². The molecule has 1 atom stereocenters. The fourth-order valence-corrected chi connectivity index (χ4v) is 1.60. The Bertz CT molecular complexity index is 468. The lowest BCUT2D eigenvalue weighted by molar-refractivity contribution is 0.0746. The van der Waals surface area contributed by atoms with Gasteiger partial charge in [0.25, 0.3) is 5.91 Å². The van der Waals surface area contributed by atoms with Crippen molar-refractivity contribution in [3.05, 3.63) is 33.8 Å². The number of halogens is 2. The molecule has 5 heteroatoms. The third-order valence-corrected chi connectivity index (χ3v) is 3.27. The summed E-state index contributed by atoms with van der Waals surface area (Å²) < 4.78 is 0. The van der Waals surface area contributed by atoms with Crippen molar-refractivity contribution >= 4 is 29.1 Å². The number of nitrogens with zero attached hydrogens (tertiary/aromatic N) is 2. The quantitative estimate of drug-likeness (QED) is 0.846. The molecule has 1 unspecified atom stereocenters. The van der Waals surface area contributed by atoms with Crippen LogP contribution in [0.4, 0.5) is 0 Å².